The molecule has 0 amide bonds. The number of piperazine rings is 1. The van der Waals surface area contributed by atoms with E-state index in [0.717, 1.165) is 17.2 Å². The van der Waals surface area contributed by atoms with Crippen LogP contribution in [-0.2, 0) is 10.0 Å². The Hall–Kier alpha value is -1.48. The molecule has 140 valence electrons. The molecule has 0 spiro atoms. The van der Waals surface area contributed by atoms with Gasteiger partial charge in [-0.3, -0.25) is 0 Å². The van der Waals surface area contributed by atoms with E-state index >= 15 is 0 Å². The molecule has 1 N–H and O–H groups in total. The molecule has 1 heterocycles. The standard InChI is InChI=1S/C18H20F2N2O2S2/c19-15-5-7-16(8-6-15)25-14-13-21-9-11-22(12-10-21)26(23,24)18-4-2-1-3-17(18)20/h1-8H,9-14H2/p+1. The molecule has 26 heavy (non-hydrogen) atoms. The monoisotopic (exact) mass is 399 g/mol. The minimum absolute atomic E-state index is 0.243. The number of hydrogen-bond acceptors (Lipinski definition) is 3. The van der Waals surface area contributed by atoms with Crippen molar-refractivity contribution in [2.24, 2.45) is 0 Å². The summed E-state index contributed by atoms with van der Waals surface area (Å²) in [5.41, 5.74) is 0. The molecular formula is C18H21F2N2O2S2+. The quantitative estimate of drug-likeness (QED) is 0.751. The maximum Gasteiger partial charge on any atom is 0.246 e. The number of benzene rings is 2. The van der Waals surface area contributed by atoms with Gasteiger partial charge in [-0.1, -0.05) is 12.1 Å². The van der Waals surface area contributed by atoms with Gasteiger partial charge in [0.15, 0.2) is 0 Å². The number of rotatable bonds is 6. The van der Waals surface area contributed by atoms with E-state index in [1.807, 2.05) is 0 Å². The first-order valence-electron chi connectivity index (χ1n) is 8.43. The SMILES string of the molecule is O=S(=O)(c1ccccc1F)N1CC[NH+](CCSc2ccc(F)cc2)CC1. The van der Waals surface area contributed by atoms with Gasteiger partial charge in [-0.15, -0.1) is 11.8 Å². The Morgan fingerprint density at radius 1 is 1.00 bits per heavy atom. The summed E-state index contributed by atoms with van der Waals surface area (Å²) >= 11 is 1.66. The molecule has 0 unspecified atom stereocenters. The molecule has 2 aromatic carbocycles. The molecule has 2 aromatic rings. The predicted octanol–water partition coefficient (Wildman–Crippen LogP) is 1.65. The van der Waals surface area contributed by atoms with Crippen molar-refractivity contribution in [1.82, 2.24) is 4.31 Å². The van der Waals surface area contributed by atoms with Crippen LogP contribution in [0.1, 0.15) is 0 Å². The normalized spacial score (nSPS) is 16.7. The summed E-state index contributed by atoms with van der Waals surface area (Å²) in [6, 6.07) is 11.9. The third kappa shape index (κ3) is 4.62. The first-order chi connectivity index (χ1) is 12.5. The molecule has 0 atom stereocenters. The molecule has 1 fully saturated rings. The molecule has 0 aromatic heterocycles. The molecule has 0 aliphatic carbocycles. The van der Waals surface area contributed by atoms with E-state index in [9.17, 15) is 17.2 Å². The van der Waals surface area contributed by atoms with E-state index in [0.29, 0.717) is 26.2 Å². The van der Waals surface area contributed by atoms with Crippen LogP contribution in [0.15, 0.2) is 58.3 Å². The Balaban J connectivity index is 1.49. The molecule has 1 aliphatic rings. The van der Waals surface area contributed by atoms with Gasteiger partial charge in [0.1, 0.15) is 16.5 Å². The smallest absolute Gasteiger partial charge is 0.246 e. The lowest BCUT2D eigenvalue weighted by molar-refractivity contribution is -0.901. The second kappa shape index (κ2) is 8.47. The fraction of sp³-hybridized carbons (Fsp3) is 0.333. The Kier molecular flexibility index (Phi) is 6.29. The highest BCUT2D eigenvalue weighted by Gasteiger charge is 2.31. The van der Waals surface area contributed by atoms with Crippen molar-refractivity contribution in [1.29, 1.82) is 0 Å². The number of sulfonamides is 1. The molecule has 0 radical (unpaired) electrons. The number of quaternary nitrogens is 1. The van der Waals surface area contributed by atoms with Crippen LogP contribution in [0.5, 0.6) is 0 Å². The van der Waals surface area contributed by atoms with Gasteiger partial charge in [0.05, 0.1) is 32.7 Å². The molecule has 8 heteroatoms. The van der Waals surface area contributed by atoms with Crippen LogP contribution < -0.4 is 4.90 Å². The highest BCUT2D eigenvalue weighted by atomic mass is 32.2. The van der Waals surface area contributed by atoms with Gasteiger partial charge in [-0.2, -0.15) is 4.31 Å². The fourth-order valence-electron chi connectivity index (χ4n) is 2.93. The first kappa shape index (κ1) is 19.3. The van der Waals surface area contributed by atoms with Gasteiger partial charge in [0.25, 0.3) is 0 Å². The van der Waals surface area contributed by atoms with E-state index in [1.165, 1.54) is 45.6 Å². The van der Waals surface area contributed by atoms with Crippen molar-refractivity contribution < 1.29 is 22.1 Å². The number of nitrogens with one attached hydrogen (secondary N) is 1. The third-order valence-electron chi connectivity index (χ3n) is 4.42. The molecule has 3 rings (SSSR count). The van der Waals surface area contributed by atoms with Crippen molar-refractivity contribution in [2.75, 3.05) is 38.5 Å². The van der Waals surface area contributed by atoms with Crippen LogP contribution in [-0.4, -0.2) is 51.2 Å². The van der Waals surface area contributed by atoms with Gasteiger partial charge in [-0.25, -0.2) is 17.2 Å². The van der Waals surface area contributed by atoms with Gasteiger partial charge >= 0.3 is 0 Å². The molecule has 4 nitrogen and oxygen atoms in total. The number of nitrogens with zero attached hydrogens (tertiary/aromatic N) is 1. The van der Waals surface area contributed by atoms with Crippen LogP contribution in [0.4, 0.5) is 8.78 Å². The summed E-state index contributed by atoms with van der Waals surface area (Å²) < 4.78 is 53.3. The minimum atomic E-state index is -3.78. The van der Waals surface area contributed by atoms with Crippen LogP contribution in [0, 0.1) is 11.6 Å². The largest absolute Gasteiger partial charge is 0.332 e. The van der Waals surface area contributed by atoms with E-state index in [-0.39, 0.29) is 10.7 Å². The Bertz CT molecular complexity index is 837. The Labute approximate surface area is 156 Å². The van der Waals surface area contributed by atoms with Gasteiger partial charge in [0.2, 0.25) is 10.0 Å². The van der Waals surface area contributed by atoms with Gasteiger partial charge in [-0.05, 0) is 36.4 Å². The maximum absolute atomic E-state index is 13.8. The zero-order valence-corrected chi connectivity index (χ0v) is 15.8. The van der Waals surface area contributed by atoms with Crippen LogP contribution in [0.3, 0.4) is 0 Å². The second-order valence-electron chi connectivity index (χ2n) is 6.14. The van der Waals surface area contributed by atoms with Crippen LogP contribution >= 0.6 is 11.8 Å². The van der Waals surface area contributed by atoms with E-state index in [1.54, 1.807) is 23.9 Å². The van der Waals surface area contributed by atoms with E-state index in [2.05, 4.69) is 0 Å². The predicted molar refractivity (Wildman–Crippen MR) is 97.8 cm³/mol. The molecule has 0 saturated carbocycles. The van der Waals surface area contributed by atoms with Crippen molar-refractivity contribution in [2.45, 2.75) is 9.79 Å². The highest BCUT2D eigenvalue weighted by Crippen LogP contribution is 2.19. The summed E-state index contributed by atoms with van der Waals surface area (Å²) in [5, 5.41) is 0. The topological polar surface area (TPSA) is 41.8 Å². The lowest BCUT2D eigenvalue weighted by Crippen LogP contribution is -3.15. The number of thioether (sulfide) groups is 1. The maximum atomic E-state index is 13.8. The van der Waals surface area contributed by atoms with Crippen molar-refractivity contribution in [3.8, 4) is 0 Å². The highest BCUT2D eigenvalue weighted by molar-refractivity contribution is 7.99. The Morgan fingerprint density at radius 3 is 2.31 bits per heavy atom. The lowest BCUT2D eigenvalue weighted by Gasteiger charge is -2.31. The first-order valence-corrected chi connectivity index (χ1v) is 10.9. The van der Waals surface area contributed by atoms with Crippen molar-refractivity contribution in [3.05, 3.63) is 60.2 Å². The molecule has 1 saturated heterocycles. The van der Waals surface area contributed by atoms with Gasteiger partial charge in [0, 0.05) is 10.6 Å². The summed E-state index contributed by atoms with van der Waals surface area (Å²) in [4.78, 5) is 2.08. The lowest BCUT2D eigenvalue weighted by atomic mass is 10.3. The average Bonchev–Trinajstić information content (AvgIpc) is 2.64. The summed E-state index contributed by atoms with van der Waals surface area (Å²) in [6.07, 6.45) is 0. The zero-order valence-electron chi connectivity index (χ0n) is 14.2. The second-order valence-corrected chi connectivity index (χ2v) is 9.21. The summed E-state index contributed by atoms with van der Waals surface area (Å²) in [5.74, 6) is -0.0776. The number of hydrogen-bond donors (Lipinski definition) is 1. The van der Waals surface area contributed by atoms with Crippen molar-refractivity contribution >= 4 is 21.8 Å². The molecule has 0 bridgehead atoms. The summed E-state index contributed by atoms with van der Waals surface area (Å²) in [6.45, 7) is 3.05. The number of halogens is 2. The fourth-order valence-corrected chi connectivity index (χ4v) is 5.39. The zero-order chi connectivity index (χ0) is 18.6. The van der Waals surface area contributed by atoms with E-state index < -0.39 is 15.8 Å². The van der Waals surface area contributed by atoms with Crippen LogP contribution in [0.2, 0.25) is 0 Å². The minimum Gasteiger partial charge on any atom is -0.332 e. The Morgan fingerprint density at radius 2 is 1.65 bits per heavy atom. The molecule has 1 aliphatic heterocycles. The van der Waals surface area contributed by atoms with E-state index in [4.69, 9.17) is 0 Å². The van der Waals surface area contributed by atoms with Crippen molar-refractivity contribution in [3.63, 3.8) is 0 Å². The average molecular weight is 400 g/mol. The van der Waals surface area contributed by atoms with Crippen LogP contribution in [0.25, 0.3) is 0 Å². The summed E-state index contributed by atoms with van der Waals surface area (Å²) in [7, 11) is -3.78. The third-order valence-corrected chi connectivity index (χ3v) is 7.37. The van der Waals surface area contributed by atoms with Gasteiger partial charge < -0.3 is 4.90 Å². The molecular weight excluding hydrogens is 378 g/mol.